The molecule has 6 heteroatoms. The highest BCUT2D eigenvalue weighted by atomic mass is 32.1. The number of hydrogen-bond donors (Lipinski definition) is 1. The van der Waals surface area contributed by atoms with Gasteiger partial charge in [-0.3, -0.25) is 4.79 Å². The fourth-order valence-electron chi connectivity index (χ4n) is 2.32. The first kappa shape index (κ1) is 15.2. The van der Waals surface area contributed by atoms with Crippen LogP contribution in [-0.2, 0) is 11.3 Å². The summed E-state index contributed by atoms with van der Waals surface area (Å²) in [7, 11) is 0. The SMILES string of the molecule is CCCNc1snnc1CN1CCC(C)(C)CCC1=O. The third-order valence-electron chi connectivity index (χ3n) is 3.86. The van der Waals surface area contributed by atoms with Crippen molar-refractivity contribution >= 4 is 22.4 Å². The molecule has 2 heterocycles. The van der Waals surface area contributed by atoms with Gasteiger partial charge >= 0.3 is 0 Å². The minimum atomic E-state index is 0.241. The summed E-state index contributed by atoms with van der Waals surface area (Å²) in [6, 6.07) is 0. The Morgan fingerprint density at radius 1 is 1.40 bits per heavy atom. The van der Waals surface area contributed by atoms with Crippen molar-refractivity contribution in [1.82, 2.24) is 14.5 Å². The van der Waals surface area contributed by atoms with Crippen LogP contribution in [0.4, 0.5) is 5.00 Å². The number of nitrogens with one attached hydrogen (secondary N) is 1. The lowest BCUT2D eigenvalue weighted by Gasteiger charge is -2.23. The van der Waals surface area contributed by atoms with Crippen molar-refractivity contribution in [3.8, 4) is 0 Å². The van der Waals surface area contributed by atoms with Gasteiger partial charge in [-0.1, -0.05) is 25.3 Å². The van der Waals surface area contributed by atoms with Gasteiger partial charge in [0.05, 0.1) is 6.54 Å². The molecule has 2 rings (SSSR count). The lowest BCUT2D eigenvalue weighted by molar-refractivity contribution is -0.131. The quantitative estimate of drug-likeness (QED) is 0.907. The molecule has 0 atom stereocenters. The second-order valence-corrected chi connectivity index (χ2v) is 6.96. The number of carbonyl (C=O) groups excluding carboxylic acids is 1. The first-order valence-electron chi connectivity index (χ1n) is 7.35. The largest absolute Gasteiger partial charge is 0.374 e. The van der Waals surface area contributed by atoms with E-state index in [9.17, 15) is 4.79 Å². The van der Waals surface area contributed by atoms with Crippen LogP contribution in [0.15, 0.2) is 0 Å². The Labute approximate surface area is 124 Å². The van der Waals surface area contributed by atoms with Crippen LogP contribution >= 0.6 is 11.5 Å². The molecular formula is C14H24N4OS. The normalized spacial score (nSPS) is 18.9. The second-order valence-electron chi connectivity index (χ2n) is 6.21. The summed E-state index contributed by atoms with van der Waals surface area (Å²) in [5.41, 5.74) is 1.16. The minimum absolute atomic E-state index is 0.241. The molecule has 0 spiro atoms. The molecule has 0 radical (unpaired) electrons. The van der Waals surface area contributed by atoms with Crippen LogP contribution in [-0.4, -0.2) is 33.5 Å². The number of aromatic nitrogens is 2. The summed E-state index contributed by atoms with van der Waals surface area (Å²) in [6.45, 7) is 8.91. The van der Waals surface area contributed by atoms with Crippen LogP contribution in [0.1, 0.15) is 52.1 Å². The maximum absolute atomic E-state index is 12.2. The molecule has 1 aliphatic rings. The number of likely N-dealkylation sites (tertiary alicyclic amines) is 1. The van der Waals surface area contributed by atoms with Gasteiger partial charge in [0.1, 0.15) is 10.7 Å². The zero-order valence-electron chi connectivity index (χ0n) is 12.6. The number of rotatable bonds is 5. The molecule has 1 saturated heterocycles. The third-order valence-corrected chi connectivity index (χ3v) is 4.58. The number of anilines is 1. The average Bonchev–Trinajstić information content (AvgIpc) is 2.80. The van der Waals surface area contributed by atoms with Crippen LogP contribution in [0.2, 0.25) is 0 Å². The minimum Gasteiger partial charge on any atom is -0.374 e. The summed E-state index contributed by atoms with van der Waals surface area (Å²) in [5, 5.41) is 8.51. The number of nitrogens with zero attached hydrogens (tertiary/aromatic N) is 3. The van der Waals surface area contributed by atoms with Crippen LogP contribution < -0.4 is 5.32 Å². The van der Waals surface area contributed by atoms with Crippen LogP contribution in [0.5, 0.6) is 0 Å². The van der Waals surface area contributed by atoms with Gasteiger partial charge in [-0.05, 0) is 24.7 Å². The standard InChI is InChI=1S/C14H24N4OS/c1-4-8-15-13-11(16-17-20-13)10-18-9-7-14(2,3)6-5-12(18)19/h15H,4-10H2,1-3H3. The van der Waals surface area contributed by atoms with E-state index in [0.717, 1.165) is 43.0 Å². The highest BCUT2D eigenvalue weighted by Crippen LogP contribution is 2.31. The van der Waals surface area contributed by atoms with Gasteiger partial charge in [0.2, 0.25) is 5.91 Å². The van der Waals surface area contributed by atoms with Gasteiger partial charge in [0.25, 0.3) is 0 Å². The predicted molar refractivity (Wildman–Crippen MR) is 81.7 cm³/mol. The molecule has 0 aromatic carbocycles. The Morgan fingerprint density at radius 2 is 2.20 bits per heavy atom. The fraction of sp³-hybridized carbons (Fsp3) is 0.786. The number of carbonyl (C=O) groups is 1. The van der Waals surface area contributed by atoms with Crippen molar-refractivity contribution in [2.24, 2.45) is 5.41 Å². The summed E-state index contributed by atoms with van der Waals surface area (Å²) < 4.78 is 4.01. The first-order valence-corrected chi connectivity index (χ1v) is 8.12. The van der Waals surface area contributed by atoms with Gasteiger partial charge in [-0.2, -0.15) is 0 Å². The first-order chi connectivity index (χ1) is 9.52. The van der Waals surface area contributed by atoms with E-state index in [-0.39, 0.29) is 11.3 Å². The third kappa shape index (κ3) is 3.91. The number of amides is 1. The van der Waals surface area contributed by atoms with E-state index >= 15 is 0 Å². The van der Waals surface area contributed by atoms with Crippen molar-refractivity contribution in [3.05, 3.63) is 5.69 Å². The lowest BCUT2D eigenvalue weighted by atomic mass is 9.85. The second kappa shape index (κ2) is 6.52. The average molecular weight is 296 g/mol. The van der Waals surface area contributed by atoms with Crippen molar-refractivity contribution in [2.45, 2.75) is 53.0 Å². The van der Waals surface area contributed by atoms with Crippen molar-refractivity contribution < 1.29 is 4.79 Å². The molecule has 0 unspecified atom stereocenters. The summed E-state index contributed by atoms with van der Waals surface area (Å²) in [5.74, 6) is 0.241. The van der Waals surface area contributed by atoms with E-state index < -0.39 is 0 Å². The molecule has 1 aliphatic heterocycles. The Hall–Kier alpha value is -1.17. The molecule has 112 valence electrons. The molecule has 5 nitrogen and oxygen atoms in total. The lowest BCUT2D eigenvalue weighted by Crippen LogP contribution is -2.30. The van der Waals surface area contributed by atoms with Gasteiger partial charge in [0.15, 0.2) is 0 Å². The Morgan fingerprint density at radius 3 is 2.95 bits per heavy atom. The van der Waals surface area contributed by atoms with Crippen molar-refractivity contribution in [2.75, 3.05) is 18.4 Å². The van der Waals surface area contributed by atoms with Gasteiger partial charge in [-0.15, -0.1) is 5.10 Å². The highest BCUT2D eigenvalue weighted by molar-refractivity contribution is 7.10. The molecule has 1 amide bonds. The van der Waals surface area contributed by atoms with E-state index in [1.54, 1.807) is 0 Å². The summed E-state index contributed by atoms with van der Waals surface area (Å²) >= 11 is 1.37. The molecule has 1 aromatic rings. The zero-order valence-corrected chi connectivity index (χ0v) is 13.4. The highest BCUT2D eigenvalue weighted by Gasteiger charge is 2.28. The summed E-state index contributed by atoms with van der Waals surface area (Å²) in [4.78, 5) is 14.1. The Kier molecular flexibility index (Phi) is 4.96. The number of hydrogen-bond acceptors (Lipinski definition) is 5. The van der Waals surface area contributed by atoms with Gasteiger partial charge in [-0.25, -0.2) is 0 Å². The Balaban J connectivity index is 2.01. The van der Waals surface area contributed by atoms with Crippen LogP contribution in [0.25, 0.3) is 0 Å². The topological polar surface area (TPSA) is 58.1 Å². The molecule has 0 aliphatic carbocycles. The summed E-state index contributed by atoms with van der Waals surface area (Å²) in [6.07, 6.45) is 3.73. The fourth-order valence-corrected chi connectivity index (χ4v) is 2.92. The van der Waals surface area contributed by atoms with Crippen LogP contribution in [0.3, 0.4) is 0 Å². The van der Waals surface area contributed by atoms with Crippen molar-refractivity contribution in [3.63, 3.8) is 0 Å². The van der Waals surface area contributed by atoms with Gasteiger partial charge in [0, 0.05) is 31.0 Å². The predicted octanol–water partition coefficient (Wildman–Crippen LogP) is 2.90. The van der Waals surface area contributed by atoms with E-state index in [0.29, 0.717) is 13.0 Å². The molecule has 20 heavy (non-hydrogen) atoms. The van der Waals surface area contributed by atoms with E-state index in [1.807, 2.05) is 4.90 Å². The van der Waals surface area contributed by atoms with E-state index in [1.165, 1.54) is 11.5 Å². The van der Waals surface area contributed by atoms with E-state index in [2.05, 4.69) is 35.7 Å². The molecule has 1 aromatic heterocycles. The smallest absolute Gasteiger partial charge is 0.222 e. The van der Waals surface area contributed by atoms with Crippen molar-refractivity contribution in [1.29, 1.82) is 0 Å². The Bertz CT molecular complexity index is 458. The van der Waals surface area contributed by atoms with Crippen LogP contribution in [0, 0.1) is 5.41 Å². The molecule has 1 N–H and O–H groups in total. The maximum Gasteiger partial charge on any atom is 0.222 e. The monoisotopic (exact) mass is 296 g/mol. The maximum atomic E-state index is 12.2. The van der Waals surface area contributed by atoms with Gasteiger partial charge < -0.3 is 10.2 Å². The molecule has 0 saturated carbocycles. The molecular weight excluding hydrogens is 272 g/mol. The zero-order chi connectivity index (χ0) is 14.6. The molecule has 1 fully saturated rings. The van der Waals surface area contributed by atoms with E-state index in [4.69, 9.17) is 0 Å². The molecule has 0 bridgehead atoms.